The highest BCUT2D eigenvalue weighted by Gasteiger charge is 2.22. The van der Waals surface area contributed by atoms with Crippen LogP contribution in [0.25, 0.3) is 11.2 Å². The number of nitrogens with two attached hydrogens (primary N) is 1. The third-order valence-electron chi connectivity index (χ3n) is 5.87. The van der Waals surface area contributed by atoms with Crippen LogP contribution in [0.3, 0.4) is 0 Å². The third-order valence-corrected chi connectivity index (χ3v) is 8.18. The van der Waals surface area contributed by atoms with Gasteiger partial charge in [0.2, 0.25) is 12.7 Å². The number of hydrogen-bond donors (Lipinski definition) is 2. The monoisotopic (exact) mass is 641 g/mol. The van der Waals surface area contributed by atoms with Crippen LogP contribution in [0, 0.1) is 3.57 Å². The van der Waals surface area contributed by atoms with E-state index in [1.54, 1.807) is 4.90 Å². The molecule has 14 heteroatoms. The molecular formula is C23H28IN7O5S. The number of benzene rings is 1. The van der Waals surface area contributed by atoms with Gasteiger partial charge in [-0.2, -0.15) is 0 Å². The van der Waals surface area contributed by atoms with Crippen LogP contribution < -0.4 is 15.2 Å². The van der Waals surface area contributed by atoms with Gasteiger partial charge >= 0.3 is 6.09 Å². The van der Waals surface area contributed by atoms with Crippen molar-refractivity contribution < 1.29 is 24.2 Å². The molecule has 0 saturated heterocycles. The average Bonchev–Trinajstić information content (AvgIpc) is 3.44. The lowest BCUT2D eigenvalue weighted by Crippen LogP contribution is -2.40. The smallest absolute Gasteiger partial charge is 0.407 e. The zero-order valence-corrected chi connectivity index (χ0v) is 23.7. The number of nitrogens with zero attached hydrogens (tertiary/aromatic N) is 6. The summed E-state index contributed by atoms with van der Waals surface area (Å²) >= 11 is 3.73. The Morgan fingerprint density at radius 1 is 1.24 bits per heavy atom. The Labute approximate surface area is 231 Å². The molecule has 0 saturated carbocycles. The summed E-state index contributed by atoms with van der Waals surface area (Å²) in [6, 6.07) is 3.84. The number of carbonyl (C=O) groups is 2. The SMILES string of the molecule is CC(C)N(CCCn1c(Sc2cc3c(cc2I)OCO3)nc2c(N)ncnc21)C(=O)CCN(C)C(=O)O. The molecule has 0 atom stereocenters. The minimum Gasteiger partial charge on any atom is -0.465 e. The van der Waals surface area contributed by atoms with E-state index < -0.39 is 6.09 Å². The van der Waals surface area contributed by atoms with Crippen molar-refractivity contribution in [3.05, 3.63) is 22.0 Å². The molecule has 2 aromatic heterocycles. The number of hydrogen-bond acceptors (Lipinski definition) is 9. The number of amides is 2. The van der Waals surface area contributed by atoms with Gasteiger partial charge in [0.25, 0.3) is 0 Å². The van der Waals surface area contributed by atoms with Gasteiger partial charge in [0.15, 0.2) is 33.6 Å². The van der Waals surface area contributed by atoms with Crippen molar-refractivity contribution in [3.8, 4) is 11.5 Å². The second kappa shape index (κ2) is 11.6. The molecule has 3 heterocycles. The van der Waals surface area contributed by atoms with Gasteiger partial charge in [-0.15, -0.1) is 0 Å². The van der Waals surface area contributed by atoms with Crippen LogP contribution in [0.4, 0.5) is 10.6 Å². The summed E-state index contributed by atoms with van der Waals surface area (Å²) < 4.78 is 14.0. The second-order valence-electron chi connectivity index (χ2n) is 8.70. The fourth-order valence-corrected chi connectivity index (χ4v) is 5.57. The number of halogens is 1. The van der Waals surface area contributed by atoms with Crippen LogP contribution in [0.15, 0.2) is 28.5 Å². The molecule has 4 rings (SSSR count). The van der Waals surface area contributed by atoms with Gasteiger partial charge in [-0.3, -0.25) is 4.79 Å². The van der Waals surface area contributed by atoms with Crippen molar-refractivity contribution in [1.29, 1.82) is 0 Å². The van der Waals surface area contributed by atoms with Crippen LogP contribution in [0.5, 0.6) is 11.5 Å². The molecule has 37 heavy (non-hydrogen) atoms. The standard InChI is InChI=1S/C23H28IN7O5S/c1-13(2)30(18(32)5-8-29(3)23(33)34)6-4-7-31-21-19(20(25)26-11-27-21)28-22(31)37-17-10-16-15(9-14(17)24)35-12-36-16/h9-11,13H,4-8,12H2,1-3H3,(H,33,34)(H2,25,26,27). The van der Waals surface area contributed by atoms with Crippen LogP contribution in [-0.2, 0) is 11.3 Å². The number of fused-ring (bicyclic) bond motifs is 2. The number of nitrogen functional groups attached to an aromatic ring is 1. The highest BCUT2D eigenvalue weighted by molar-refractivity contribution is 14.1. The van der Waals surface area contributed by atoms with Crippen molar-refractivity contribution in [2.75, 3.05) is 32.7 Å². The van der Waals surface area contributed by atoms with Gasteiger partial charge < -0.3 is 34.7 Å². The molecule has 1 aliphatic rings. The van der Waals surface area contributed by atoms with Crippen molar-refractivity contribution in [2.45, 2.75) is 49.3 Å². The maximum absolute atomic E-state index is 12.8. The lowest BCUT2D eigenvalue weighted by Gasteiger charge is -2.27. The van der Waals surface area contributed by atoms with Gasteiger partial charge in [-0.25, -0.2) is 19.7 Å². The summed E-state index contributed by atoms with van der Waals surface area (Å²) in [4.78, 5) is 40.9. The van der Waals surface area contributed by atoms with Crippen LogP contribution >= 0.6 is 34.4 Å². The number of ether oxygens (including phenoxy) is 2. The Morgan fingerprint density at radius 2 is 1.97 bits per heavy atom. The van der Waals surface area contributed by atoms with Gasteiger partial charge in [0.1, 0.15) is 6.33 Å². The zero-order chi connectivity index (χ0) is 26.7. The third kappa shape index (κ3) is 6.11. The number of rotatable bonds is 10. The first-order valence-corrected chi connectivity index (χ1v) is 13.5. The maximum Gasteiger partial charge on any atom is 0.407 e. The van der Waals surface area contributed by atoms with E-state index in [0.717, 1.165) is 13.4 Å². The molecule has 1 aliphatic heterocycles. The Morgan fingerprint density at radius 3 is 2.68 bits per heavy atom. The van der Waals surface area contributed by atoms with E-state index in [9.17, 15) is 9.59 Å². The summed E-state index contributed by atoms with van der Waals surface area (Å²) in [5, 5.41) is 9.75. The number of aryl methyl sites for hydroxylation is 1. The lowest BCUT2D eigenvalue weighted by atomic mass is 10.2. The maximum atomic E-state index is 12.8. The molecule has 0 bridgehead atoms. The Hall–Kier alpha value is -3.01. The van der Waals surface area contributed by atoms with Gasteiger partial charge in [0, 0.05) is 47.6 Å². The number of carbonyl (C=O) groups excluding carboxylic acids is 1. The highest BCUT2D eigenvalue weighted by Crippen LogP contribution is 2.41. The molecule has 0 fully saturated rings. The summed E-state index contributed by atoms with van der Waals surface area (Å²) in [7, 11) is 1.45. The lowest BCUT2D eigenvalue weighted by molar-refractivity contribution is -0.133. The fourth-order valence-electron chi connectivity index (χ4n) is 3.86. The summed E-state index contributed by atoms with van der Waals surface area (Å²) in [6.07, 6.45) is 1.12. The Balaban J connectivity index is 1.52. The largest absolute Gasteiger partial charge is 0.465 e. The molecule has 0 radical (unpaired) electrons. The highest BCUT2D eigenvalue weighted by atomic mass is 127. The van der Waals surface area contributed by atoms with E-state index in [1.807, 2.05) is 30.5 Å². The first-order chi connectivity index (χ1) is 17.7. The number of anilines is 1. The molecule has 1 aromatic carbocycles. The quantitative estimate of drug-likeness (QED) is 0.315. The molecule has 2 amide bonds. The van der Waals surface area contributed by atoms with Crippen LogP contribution in [-0.4, -0.2) is 79.4 Å². The first kappa shape index (κ1) is 27.0. The van der Waals surface area contributed by atoms with E-state index in [0.29, 0.717) is 53.1 Å². The van der Waals surface area contributed by atoms with Gasteiger partial charge in [0.05, 0.1) is 0 Å². The molecule has 3 N–H and O–H groups in total. The molecule has 0 unspecified atom stereocenters. The normalized spacial score (nSPS) is 12.4. The number of imidazole rings is 1. The first-order valence-electron chi connectivity index (χ1n) is 11.6. The minimum atomic E-state index is -1.06. The summed E-state index contributed by atoms with van der Waals surface area (Å²) in [6.45, 7) is 5.28. The van der Waals surface area contributed by atoms with E-state index in [1.165, 1.54) is 25.1 Å². The van der Waals surface area contributed by atoms with Crippen LogP contribution in [0.1, 0.15) is 26.7 Å². The van der Waals surface area contributed by atoms with E-state index in [4.69, 9.17) is 25.3 Å². The Bertz CT molecular complexity index is 1320. The van der Waals surface area contributed by atoms with Crippen molar-refractivity contribution >= 4 is 63.3 Å². The van der Waals surface area contributed by atoms with E-state index in [2.05, 4.69) is 32.6 Å². The van der Waals surface area contributed by atoms with E-state index >= 15 is 0 Å². The topological polar surface area (TPSA) is 149 Å². The molecule has 12 nitrogen and oxygen atoms in total. The number of aromatic nitrogens is 4. The summed E-state index contributed by atoms with van der Waals surface area (Å²) in [5.41, 5.74) is 7.24. The van der Waals surface area contributed by atoms with Crippen molar-refractivity contribution in [3.63, 3.8) is 0 Å². The number of carboxylic acid groups (broad SMARTS) is 1. The predicted octanol–water partition coefficient (Wildman–Crippen LogP) is 3.52. The summed E-state index contributed by atoms with van der Waals surface area (Å²) in [5.74, 6) is 1.61. The minimum absolute atomic E-state index is 0.0239. The predicted molar refractivity (Wildman–Crippen MR) is 146 cm³/mol. The van der Waals surface area contributed by atoms with Crippen molar-refractivity contribution in [1.82, 2.24) is 29.3 Å². The molecular weight excluding hydrogens is 613 g/mol. The van der Waals surface area contributed by atoms with Crippen LogP contribution in [0.2, 0.25) is 0 Å². The Kier molecular flexibility index (Phi) is 8.46. The average molecular weight is 641 g/mol. The fraction of sp³-hybridized carbons (Fsp3) is 0.435. The van der Waals surface area contributed by atoms with E-state index in [-0.39, 0.29) is 31.7 Å². The van der Waals surface area contributed by atoms with Crippen molar-refractivity contribution in [2.24, 2.45) is 0 Å². The zero-order valence-electron chi connectivity index (χ0n) is 20.7. The molecule has 0 spiro atoms. The second-order valence-corrected chi connectivity index (χ2v) is 10.9. The molecule has 198 valence electrons. The molecule has 0 aliphatic carbocycles. The van der Waals surface area contributed by atoms with Gasteiger partial charge in [-0.1, -0.05) is 11.8 Å². The molecule has 3 aromatic rings. The van der Waals surface area contributed by atoms with Gasteiger partial charge in [-0.05, 0) is 55.0 Å².